The van der Waals surface area contributed by atoms with E-state index in [1.165, 1.54) is 4.90 Å². The van der Waals surface area contributed by atoms with Gasteiger partial charge >= 0.3 is 0 Å². The van der Waals surface area contributed by atoms with Crippen LogP contribution in [0.25, 0.3) is 0 Å². The van der Waals surface area contributed by atoms with Crippen LogP contribution in [0.15, 0.2) is 69.8 Å². The van der Waals surface area contributed by atoms with Crippen LogP contribution in [0.2, 0.25) is 0 Å². The minimum Gasteiger partial charge on any atom is -0.497 e. The van der Waals surface area contributed by atoms with Gasteiger partial charge in [0.05, 0.1) is 24.9 Å². The van der Waals surface area contributed by atoms with Crippen molar-refractivity contribution in [1.82, 2.24) is 4.90 Å². The van der Waals surface area contributed by atoms with Gasteiger partial charge in [0.2, 0.25) is 0 Å². The van der Waals surface area contributed by atoms with E-state index in [4.69, 9.17) is 9.15 Å². The highest BCUT2D eigenvalue weighted by Gasteiger charge is 2.18. The Morgan fingerprint density at radius 3 is 2.43 bits per heavy atom. The molecule has 0 aliphatic heterocycles. The van der Waals surface area contributed by atoms with Gasteiger partial charge in [-0.15, -0.1) is 0 Å². The number of amides is 2. The molecular formula is C21H19BrN2O4. The van der Waals surface area contributed by atoms with Gasteiger partial charge in [0, 0.05) is 12.6 Å². The number of nitrogens with one attached hydrogen (secondary N) is 1. The van der Waals surface area contributed by atoms with Crippen molar-refractivity contribution >= 4 is 33.4 Å². The first-order valence-corrected chi connectivity index (χ1v) is 9.31. The van der Waals surface area contributed by atoms with Crippen molar-refractivity contribution in [3.63, 3.8) is 0 Å². The van der Waals surface area contributed by atoms with Crippen molar-refractivity contribution in [2.45, 2.75) is 6.54 Å². The molecule has 0 atom stereocenters. The average Bonchev–Trinajstić information content (AvgIpc) is 3.12. The number of halogens is 1. The number of furan rings is 1. The summed E-state index contributed by atoms with van der Waals surface area (Å²) in [6.07, 6.45) is 0. The molecule has 0 spiro atoms. The molecule has 1 heterocycles. The number of benzene rings is 2. The largest absolute Gasteiger partial charge is 0.497 e. The van der Waals surface area contributed by atoms with Crippen molar-refractivity contribution in [1.29, 1.82) is 0 Å². The Balaban J connectivity index is 1.76. The molecule has 1 aromatic heterocycles. The predicted molar refractivity (Wildman–Crippen MR) is 110 cm³/mol. The molecule has 0 radical (unpaired) electrons. The van der Waals surface area contributed by atoms with Gasteiger partial charge in [-0.25, -0.2) is 0 Å². The highest BCUT2D eigenvalue weighted by molar-refractivity contribution is 9.10. The summed E-state index contributed by atoms with van der Waals surface area (Å²) in [4.78, 5) is 27.0. The molecule has 3 aromatic rings. The van der Waals surface area contributed by atoms with Crippen LogP contribution in [0.5, 0.6) is 5.75 Å². The number of carbonyl (C=O) groups excluding carboxylic acids is 2. The molecule has 6 nitrogen and oxygen atoms in total. The van der Waals surface area contributed by atoms with Gasteiger partial charge in [-0.2, -0.15) is 0 Å². The van der Waals surface area contributed by atoms with E-state index in [2.05, 4.69) is 21.2 Å². The van der Waals surface area contributed by atoms with Crippen LogP contribution in [-0.2, 0) is 6.54 Å². The maximum Gasteiger partial charge on any atom is 0.256 e. The summed E-state index contributed by atoms with van der Waals surface area (Å²) in [7, 11) is 3.25. The topological polar surface area (TPSA) is 71.8 Å². The maximum atomic E-state index is 12.9. The number of ether oxygens (including phenoxy) is 1. The van der Waals surface area contributed by atoms with Crippen molar-refractivity contribution in [2.24, 2.45) is 0 Å². The first kappa shape index (κ1) is 19.7. The molecule has 7 heteroatoms. The zero-order valence-electron chi connectivity index (χ0n) is 15.4. The van der Waals surface area contributed by atoms with Crippen molar-refractivity contribution in [2.75, 3.05) is 19.5 Å². The molecule has 2 amide bonds. The lowest BCUT2D eigenvalue weighted by Gasteiger charge is -2.18. The standard InChI is InChI=1S/C21H19BrN2O4/c1-24(13-16-11-12-19(22)28-16)21(26)17-5-3-4-6-18(17)23-20(25)14-7-9-15(27-2)10-8-14/h3-12H,13H2,1-2H3,(H,23,25). The van der Waals surface area contributed by atoms with E-state index < -0.39 is 0 Å². The number of hydrogen-bond acceptors (Lipinski definition) is 4. The third-order valence-electron chi connectivity index (χ3n) is 4.13. The molecule has 2 aromatic carbocycles. The second-order valence-electron chi connectivity index (χ2n) is 6.10. The first-order valence-electron chi connectivity index (χ1n) is 8.52. The summed E-state index contributed by atoms with van der Waals surface area (Å²) >= 11 is 3.25. The summed E-state index contributed by atoms with van der Waals surface area (Å²) in [5.41, 5.74) is 1.31. The summed E-state index contributed by atoms with van der Waals surface area (Å²) in [5.74, 6) is 0.791. The molecule has 28 heavy (non-hydrogen) atoms. The Kier molecular flexibility index (Phi) is 6.16. The molecule has 0 aliphatic rings. The molecule has 0 unspecified atom stereocenters. The monoisotopic (exact) mass is 442 g/mol. The lowest BCUT2D eigenvalue weighted by atomic mass is 10.1. The highest BCUT2D eigenvalue weighted by Crippen LogP contribution is 2.21. The number of para-hydroxylation sites is 1. The Morgan fingerprint density at radius 2 is 1.79 bits per heavy atom. The molecule has 1 N–H and O–H groups in total. The normalized spacial score (nSPS) is 10.4. The molecule has 0 bridgehead atoms. The van der Waals surface area contributed by atoms with E-state index in [9.17, 15) is 9.59 Å². The van der Waals surface area contributed by atoms with Gasteiger partial charge in [-0.3, -0.25) is 9.59 Å². The zero-order chi connectivity index (χ0) is 20.1. The Labute approximate surface area is 171 Å². The third kappa shape index (κ3) is 4.61. The van der Waals surface area contributed by atoms with Crippen LogP contribution >= 0.6 is 15.9 Å². The van der Waals surface area contributed by atoms with E-state index in [0.717, 1.165) is 0 Å². The van der Waals surface area contributed by atoms with Crippen LogP contribution in [0.1, 0.15) is 26.5 Å². The van der Waals surface area contributed by atoms with E-state index in [-0.39, 0.29) is 11.8 Å². The molecular weight excluding hydrogens is 424 g/mol. The summed E-state index contributed by atoms with van der Waals surface area (Å²) in [5, 5.41) is 2.81. The second-order valence-corrected chi connectivity index (χ2v) is 6.88. The molecule has 3 rings (SSSR count). The van der Waals surface area contributed by atoms with Crippen LogP contribution in [0.3, 0.4) is 0 Å². The van der Waals surface area contributed by atoms with E-state index in [1.54, 1.807) is 74.8 Å². The van der Waals surface area contributed by atoms with E-state index in [1.807, 2.05) is 0 Å². The van der Waals surface area contributed by atoms with Gasteiger partial charge in [0.15, 0.2) is 4.67 Å². The minimum atomic E-state index is -0.305. The number of anilines is 1. The van der Waals surface area contributed by atoms with Gasteiger partial charge < -0.3 is 19.4 Å². The lowest BCUT2D eigenvalue weighted by molar-refractivity contribution is 0.0776. The van der Waals surface area contributed by atoms with Gasteiger partial charge in [-0.05, 0) is 64.5 Å². The summed E-state index contributed by atoms with van der Waals surface area (Å²) < 4.78 is 11.2. The Morgan fingerprint density at radius 1 is 1.07 bits per heavy atom. The third-order valence-corrected chi connectivity index (χ3v) is 4.55. The summed E-state index contributed by atoms with van der Waals surface area (Å²) in [6, 6.07) is 17.2. The fourth-order valence-electron chi connectivity index (χ4n) is 2.66. The quantitative estimate of drug-likeness (QED) is 0.606. The first-order chi connectivity index (χ1) is 13.5. The van der Waals surface area contributed by atoms with Crippen molar-refractivity contribution < 1.29 is 18.7 Å². The number of nitrogens with zero attached hydrogens (tertiary/aromatic N) is 1. The minimum absolute atomic E-state index is 0.224. The molecule has 0 fully saturated rings. The molecule has 144 valence electrons. The van der Waals surface area contributed by atoms with Crippen LogP contribution in [0.4, 0.5) is 5.69 Å². The molecule has 0 saturated carbocycles. The second kappa shape index (κ2) is 8.75. The van der Waals surface area contributed by atoms with Gasteiger partial charge in [0.1, 0.15) is 11.5 Å². The zero-order valence-corrected chi connectivity index (χ0v) is 17.0. The maximum absolute atomic E-state index is 12.9. The highest BCUT2D eigenvalue weighted by atomic mass is 79.9. The van der Waals surface area contributed by atoms with Crippen molar-refractivity contribution in [3.05, 3.63) is 82.2 Å². The number of rotatable bonds is 6. The average molecular weight is 443 g/mol. The summed E-state index contributed by atoms with van der Waals surface area (Å²) in [6.45, 7) is 0.311. The van der Waals surface area contributed by atoms with Crippen LogP contribution in [-0.4, -0.2) is 30.9 Å². The van der Waals surface area contributed by atoms with Crippen LogP contribution in [0, 0.1) is 0 Å². The number of hydrogen-bond donors (Lipinski definition) is 1. The number of carbonyl (C=O) groups is 2. The van der Waals surface area contributed by atoms with E-state index >= 15 is 0 Å². The molecule has 0 aliphatic carbocycles. The fourth-order valence-corrected chi connectivity index (χ4v) is 3.00. The Hall–Kier alpha value is -3.06. The van der Waals surface area contributed by atoms with Gasteiger partial charge in [0.25, 0.3) is 11.8 Å². The van der Waals surface area contributed by atoms with Crippen molar-refractivity contribution in [3.8, 4) is 5.75 Å². The van der Waals surface area contributed by atoms with Gasteiger partial charge in [-0.1, -0.05) is 12.1 Å². The molecule has 0 saturated heterocycles. The number of methoxy groups -OCH3 is 1. The van der Waals surface area contributed by atoms with Crippen LogP contribution < -0.4 is 10.1 Å². The Bertz CT molecular complexity index is 982. The SMILES string of the molecule is COc1ccc(C(=O)Nc2ccccc2C(=O)N(C)Cc2ccc(Br)o2)cc1. The van der Waals surface area contributed by atoms with E-state index in [0.29, 0.717) is 39.5 Å². The predicted octanol–water partition coefficient (Wildman–Crippen LogP) is 4.58. The smallest absolute Gasteiger partial charge is 0.256 e. The lowest BCUT2D eigenvalue weighted by Crippen LogP contribution is -2.27. The fraction of sp³-hybridized carbons (Fsp3) is 0.143.